The van der Waals surface area contributed by atoms with Crippen molar-refractivity contribution in [3.63, 3.8) is 0 Å². The lowest BCUT2D eigenvalue weighted by molar-refractivity contribution is -0.137. The van der Waals surface area contributed by atoms with Crippen molar-refractivity contribution in [1.29, 1.82) is 5.26 Å². The first-order valence-corrected chi connectivity index (χ1v) is 10.4. The summed E-state index contributed by atoms with van der Waals surface area (Å²) in [5, 5.41) is 10.3. The molecule has 0 spiro atoms. The van der Waals surface area contributed by atoms with Crippen LogP contribution in [-0.4, -0.2) is 18.6 Å². The number of aromatic nitrogens is 1. The lowest BCUT2D eigenvalue weighted by Gasteiger charge is -2.15. The summed E-state index contributed by atoms with van der Waals surface area (Å²) in [5.41, 5.74) is 10.9. The standard InChI is InChI=1S/C26H22F3N3O/c1-33-25-21(11-12-30)24-22(14-16-5-7-19(8-6-16)26(27,28)29)20(9-10-23(24)32-25)18-4-2-3-17(13-18)15-31/h2-10,13,32H,11-12,14,30H2,1H3. The number of nitrogens with zero attached hydrogens (tertiary/aromatic N) is 1. The van der Waals surface area contributed by atoms with Crippen LogP contribution in [0, 0.1) is 11.3 Å². The van der Waals surface area contributed by atoms with Gasteiger partial charge in [-0.25, -0.2) is 0 Å². The zero-order valence-electron chi connectivity index (χ0n) is 18.0. The van der Waals surface area contributed by atoms with E-state index in [1.807, 2.05) is 30.3 Å². The topological polar surface area (TPSA) is 74.8 Å². The van der Waals surface area contributed by atoms with E-state index in [0.717, 1.165) is 50.9 Å². The Kier molecular flexibility index (Phi) is 6.12. The number of halogens is 3. The molecule has 0 aliphatic carbocycles. The van der Waals surface area contributed by atoms with Crippen LogP contribution in [0.3, 0.4) is 0 Å². The molecular formula is C26H22F3N3O. The van der Waals surface area contributed by atoms with E-state index in [2.05, 4.69) is 11.1 Å². The smallest absolute Gasteiger partial charge is 0.416 e. The van der Waals surface area contributed by atoms with Crippen molar-refractivity contribution in [2.45, 2.75) is 19.0 Å². The second-order valence-electron chi connectivity index (χ2n) is 7.75. The van der Waals surface area contributed by atoms with Crippen molar-refractivity contribution in [3.8, 4) is 23.1 Å². The molecule has 0 atom stereocenters. The predicted molar refractivity (Wildman–Crippen MR) is 122 cm³/mol. The first-order valence-electron chi connectivity index (χ1n) is 10.4. The van der Waals surface area contributed by atoms with Gasteiger partial charge in [0.15, 0.2) is 5.88 Å². The Morgan fingerprint density at radius 1 is 1.03 bits per heavy atom. The summed E-state index contributed by atoms with van der Waals surface area (Å²) in [4.78, 5) is 3.28. The van der Waals surface area contributed by atoms with Gasteiger partial charge in [0.25, 0.3) is 0 Å². The fourth-order valence-corrected chi connectivity index (χ4v) is 4.19. The maximum absolute atomic E-state index is 13.0. The highest BCUT2D eigenvalue weighted by Crippen LogP contribution is 2.38. The molecule has 0 amide bonds. The van der Waals surface area contributed by atoms with Gasteiger partial charge in [-0.05, 0) is 72.0 Å². The van der Waals surface area contributed by atoms with Crippen molar-refractivity contribution in [2.24, 2.45) is 5.73 Å². The molecule has 0 aliphatic rings. The molecule has 0 fully saturated rings. The van der Waals surface area contributed by atoms with Gasteiger partial charge in [-0.1, -0.05) is 30.3 Å². The lowest BCUT2D eigenvalue weighted by atomic mass is 9.89. The highest BCUT2D eigenvalue weighted by molar-refractivity contribution is 5.95. The number of hydrogen-bond donors (Lipinski definition) is 2. The Hall–Kier alpha value is -3.76. The second kappa shape index (κ2) is 9.00. The summed E-state index contributed by atoms with van der Waals surface area (Å²) in [6.45, 7) is 0.414. The number of ether oxygens (including phenoxy) is 1. The first kappa shape index (κ1) is 22.4. The van der Waals surface area contributed by atoms with Crippen molar-refractivity contribution in [1.82, 2.24) is 4.98 Å². The number of nitrogens with one attached hydrogen (secondary N) is 1. The van der Waals surface area contributed by atoms with Crippen LogP contribution in [0.25, 0.3) is 22.0 Å². The number of alkyl halides is 3. The van der Waals surface area contributed by atoms with Crippen LogP contribution in [0.5, 0.6) is 5.88 Å². The van der Waals surface area contributed by atoms with Gasteiger partial charge in [-0.2, -0.15) is 18.4 Å². The molecular weight excluding hydrogens is 427 g/mol. The third-order valence-electron chi connectivity index (χ3n) is 5.70. The minimum absolute atomic E-state index is 0.403. The van der Waals surface area contributed by atoms with E-state index in [-0.39, 0.29) is 0 Å². The normalized spacial score (nSPS) is 11.5. The van der Waals surface area contributed by atoms with Crippen LogP contribution < -0.4 is 10.5 Å². The van der Waals surface area contributed by atoms with Crippen molar-refractivity contribution >= 4 is 10.9 Å². The first-order chi connectivity index (χ1) is 15.9. The van der Waals surface area contributed by atoms with Crippen molar-refractivity contribution < 1.29 is 17.9 Å². The molecule has 0 saturated carbocycles. The average Bonchev–Trinajstić information content (AvgIpc) is 3.17. The minimum Gasteiger partial charge on any atom is -0.482 e. The van der Waals surface area contributed by atoms with E-state index in [9.17, 15) is 18.4 Å². The van der Waals surface area contributed by atoms with Gasteiger partial charge in [0.1, 0.15) is 0 Å². The molecule has 7 heteroatoms. The third-order valence-corrected chi connectivity index (χ3v) is 5.70. The highest BCUT2D eigenvalue weighted by atomic mass is 19.4. The van der Waals surface area contributed by atoms with E-state index in [1.54, 1.807) is 13.2 Å². The van der Waals surface area contributed by atoms with E-state index < -0.39 is 11.7 Å². The quantitative estimate of drug-likeness (QED) is 0.389. The zero-order valence-corrected chi connectivity index (χ0v) is 18.0. The fraction of sp³-hybridized carbons (Fsp3) is 0.192. The summed E-state index contributed by atoms with van der Waals surface area (Å²) in [7, 11) is 1.58. The number of hydrogen-bond acceptors (Lipinski definition) is 3. The molecule has 1 aromatic heterocycles. The van der Waals surface area contributed by atoms with Gasteiger partial charge < -0.3 is 15.5 Å². The monoisotopic (exact) mass is 449 g/mol. The van der Waals surface area contributed by atoms with Gasteiger partial charge in [0.05, 0.1) is 24.3 Å². The second-order valence-corrected chi connectivity index (χ2v) is 7.75. The fourth-order valence-electron chi connectivity index (χ4n) is 4.19. The van der Waals surface area contributed by atoms with E-state index in [4.69, 9.17) is 10.5 Å². The van der Waals surface area contributed by atoms with Crippen LogP contribution in [0.2, 0.25) is 0 Å². The van der Waals surface area contributed by atoms with Gasteiger partial charge in [-0.15, -0.1) is 0 Å². The van der Waals surface area contributed by atoms with Crippen LogP contribution >= 0.6 is 0 Å². The molecule has 33 heavy (non-hydrogen) atoms. The summed E-state index contributed by atoms with van der Waals surface area (Å²) in [6, 6.07) is 18.6. The van der Waals surface area contributed by atoms with Gasteiger partial charge in [-0.3, -0.25) is 0 Å². The number of aromatic amines is 1. The maximum Gasteiger partial charge on any atom is 0.416 e. The van der Waals surface area contributed by atoms with E-state index in [0.29, 0.717) is 30.8 Å². The highest BCUT2D eigenvalue weighted by Gasteiger charge is 2.30. The van der Waals surface area contributed by atoms with Crippen LogP contribution in [0.1, 0.15) is 27.8 Å². The Balaban J connectivity index is 1.93. The number of H-pyrrole nitrogens is 1. The molecule has 1 heterocycles. The Morgan fingerprint density at radius 3 is 2.42 bits per heavy atom. The number of methoxy groups -OCH3 is 1. The summed E-state index contributed by atoms with van der Waals surface area (Å²) < 4.78 is 44.6. The number of fused-ring (bicyclic) bond motifs is 1. The van der Waals surface area contributed by atoms with E-state index in [1.165, 1.54) is 12.1 Å². The summed E-state index contributed by atoms with van der Waals surface area (Å²) in [6.07, 6.45) is -3.41. The molecule has 4 nitrogen and oxygen atoms in total. The Morgan fingerprint density at radius 2 is 1.79 bits per heavy atom. The molecule has 4 aromatic rings. The lowest BCUT2D eigenvalue weighted by Crippen LogP contribution is -2.05. The number of rotatable bonds is 6. The molecule has 4 rings (SSSR count). The largest absolute Gasteiger partial charge is 0.482 e. The molecule has 3 N–H and O–H groups in total. The summed E-state index contributed by atoms with van der Waals surface area (Å²) >= 11 is 0. The number of nitrogens with two attached hydrogens (primary N) is 1. The van der Waals surface area contributed by atoms with Gasteiger partial charge in [0, 0.05) is 16.5 Å². The zero-order chi connectivity index (χ0) is 23.6. The summed E-state index contributed by atoms with van der Waals surface area (Å²) in [5.74, 6) is 0.618. The molecule has 0 bridgehead atoms. The van der Waals surface area contributed by atoms with Crippen LogP contribution in [-0.2, 0) is 19.0 Å². The van der Waals surface area contributed by atoms with Crippen molar-refractivity contribution in [3.05, 3.63) is 88.5 Å². The van der Waals surface area contributed by atoms with E-state index >= 15 is 0 Å². The average molecular weight is 449 g/mol. The number of nitriles is 1. The van der Waals surface area contributed by atoms with Crippen LogP contribution in [0.4, 0.5) is 13.2 Å². The Bertz CT molecular complexity index is 1330. The minimum atomic E-state index is -4.39. The van der Waals surface area contributed by atoms with Crippen molar-refractivity contribution in [2.75, 3.05) is 13.7 Å². The molecule has 0 unspecified atom stereocenters. The number of benzene rings is 3. The Labute approximate surface area is 189 Å². The van der Waals surface area contributed by atoms with Gasteiger partial charge in [0.2, 0.25) is 0 Å². The molecule has 3 aromatic carbocycles. The molecule has 0 aliphatic heterocycles. The molecule has 0 radical (unpaired) electrons. The SMILES string of the molecule is COc1[nH]c2ccc(-c3cccc(C#N)c3)c(Cc3ccc(C(F)(F)F)cc3)c2c1CCN. The van der Waals surface area contributed by atoms with Crippen LogP contribution in [0.15, 0.2) is 60.7 Å². The maximum atomic E-state index is 13.0. The molecule has 0 saturated heterocycles. The molecule has 168 valence electrons. The van der Waals surface area contributed by atoms with Gasteiger partial charge >= 0.3 is 6.18 Å². The third kappa shape index (κ3) is 4.43. The predicted octanol–water partition coefficient (Wildman–Crippen LogP) is 5.83.